The van der Waals surface area contributed by atoms with Crippen molar-refractivity contribution in [1.82, 2.24) is 0 Å². The molecule has 11 aromatic rings. The molecule has 0 aliphatic rings. The van der Waals surface area contributed by atoms with Gasteiger partial charge in [-0.1, -0.05) is 133 Å². The first-order chi connectivity index (χ1) is 26.3. The van der Waals surface area contributed by atoms with E-state index in [0.717, 1.165) is 61.3 Å². The second kappa shape index (κ2) is 11.9. The standard InChI is InChI=1S/C50H31NOS/c1-2-11-33(12-3-1)39-18-10-19-43-44-29-34(23-27-47(44)52-50(39)43)32-21-24-36(25-22-32)51(37-26-28-49-45(31-37)42-17-8-9-20-48(42)53-49)46-30-35-13-4-5-14-38(35)40-15-6-7-16-41(40)46/h1-31H. The fourth-order valence-electron chi connectivity index (χ4n) is 8.13. The molecule has 0 saturated heterocycles. The molecule has 0 spiro atoms. The molecule has 0 bridgehead atoms. The highest BCUT2D eigenvalue weighted by Crippen LogP contribution is 2.45. The van der Waals surface area contributed by atoms with Crippen molar-refractivity contribution in [3.8, 4) is 22.3 Å². The summed E-state index contributed by atoms with van der Waals surface area (Å²) in [5, 5.41) is 9.79. The summed E-state index contributed by atoms with van der Waals surface area (Å²) in [5.74, 6) is 0. The third-order valence-corrected chi connectivity index (χ3v) is 11.8. The van der Waals surface area contributed by atoms with Gasteiger partial charge in [0.1, 0.15) is 11.2 Å². The van der Waals surface area contributed by atoms with Crippen LogP contribution < -0.4 is 4.90 Å². The van der Waals surface area contributed by atoms with Crippen molar-refractivity contribution in [1.29, 1.82) is 0 Å². The van der Waals surface area contributed by atoms with Crippen molar-refractivity contribution in [3.05, 3.63) is 188 Å². The minimum absolute atomic E-state index is 0.898. The molecule has 0 N–H and O–H groups in total. The number of nitrogens with zero attached hydrogens (tertiary/aromatic N) is 1. The summed E-state index contributed by atoms with van der Waals surface area (Å²) < 4.78 is 9.10. The third-order valence-electron chi connectivity index (χ3n) is 10.6. The summed E-state index contributed by atoms with van der Waals surface area (Å²) in [6, 6.07) is 68.0. The number of furan rings is 1. The molecule has 2 aromatic heterocycles. The fraction of sp³-hybridized carbons (Fsp3) is 0. The summed E-state index contributed by atoms with van der Waals surface area (Å²) in [7, 11) is 0. The van der Waals surface area contributed by atoms with Gasteiger partial charge in [0, 0.05) is 53.3 Å². The molecule has 0 aliphatic heterocycles. The van der Waals surface area contributed by atoms with E-state index in [1.165, 1.54) is 41.7 Å². The molecular weight excluding hydrogens is 663 g/mol. The second-order valence-electron chi connectivity index (χ2n) is 13.7. The maximum absolute atomic E-state index is 6.49. The van der Waals surface area contributed by atoms with Crippen LogP contribution in [0.25, 0.3) is 85.9 Å². The molecule has 0 unspecified atom stereocenters. The number of para-hydroxylation sites is 1. The number of benzene rings is 9. The van der Waals surface area contributed by atoms with Crippen molar-refractivity contribution in [2.45, 2.75) is 0 Å². The van der Waals surface area contributed by atoms with Gasteiger partial charge in [0.05, 0.1) is 5.69 Å². The summed E-state index contributed by atoms with van der Waals surface area (Å²) in [5.41, 5.74) is 9.81. The Hall–Kier alpha value is -6.68. The normalized spacial score (nSPS) is 11.8. The average molecular weight is 694 g/mol. The van der Waals surface area contributed by atoms with Gasteiger partial charge < -0.3 is 9.32 Å². The molecule has 0 atom stereocenters. The largest absolute Gasteiger partial charge is 0.455 e. The highest BCUT2D eigenvalue weighted by molar-refractivity contribution is 7.25. The van der Waals surface area contributed by atoms with Crippen molar-refractivity contribution >= 4 is 92.1 Å². The van der Waals surface area contributed by atoms with Gasteiger partial charge in [-0.05, 0) is 87.4 Å². The van der Waals surface area contributed by atoms with Gasteiger partial charge in [0.15, 0.2) is 0 Å². The molecule has 248 valence electrons. The minimum Gasteiger partial charge on any atom is -0.455 e. The zero-order chi connectivity index (χ0) is 34.9. The van der Waals surface area contributed by atoms with Crippen LogP contribution in [0, 0.1) is 0 Å². The van der Waals surface area contributed by atoms with Crippen LogP contribution in [0.1, 0.15) is 0 Å². The maximum atomic E-state index is 6.49. The Morgan fingerprint density at radius 1 is 0.377 bits per heavy atom. The summed E-state index contributed by atoms with van der Waals surface area (Å²) in [4.78, 5) is 2.43. The van der Waals surface area contributed by atoms with Crippen LogP contribution in [0.5, 0.6) is 0 Å². The van der Waals surface area contributed by atoms with E-state index in [1.54, 1.807) is 0 Å². The first-order valence-electron chi connectivity index (χ1n) is 18.0. The van der Waals surface area contributed by atoms with Crippen molar-refractivity contribution in [2.24, 2.45) is 0 Å². The summed E-state index contributed by atoms with van der Waals surface area (Å²) in [6.45, 7) is 0. The number of thiophene rings is 1. The molecule has 11 rings (SSSR count). The van der Waals surface area contributed by atoms with Crippen molar-refractivity contribution < 1.29 is 4.42 Å². The zero-order valence-electron chi connectivity index (χ0n) is 28.7. The minimum atomic E-state index is 0.898. The molecule has 2 heterocycles. The maximum Gasteiger partial charge on any atom is 0.143 e. The molecular formula is C50H31NOS. The van der Waals surface area contributed by atoms with Crippen LogP contribution in [-0.4, -0.2) is 0 Å². The van der Waals surface area contributed by atoms with Crippen LogP contribution in [0.2, 0.25) is 0 Å². The van der Waals surface area contributed by atoms with E-state index >= 15 is 0 Å². The highest BCUT2D eigenvalue weighted by atomic mass is 32.1. The lowest BCUT2D eigenvalue weighted by Gasteiger charge is -2.28. The number of hydrogen-bond donors (Lipinski definition) is 0. The molecule has 3 heteroatoms. The van der Waals surface area contributed by atoms with E-state index < -0.39 is 0 Å². The SMILES string of the molecule is c1ccc(-c2cccc3c2oc2ccc(-c4ccc(N(c5ccc6sc7ccccc7c6c5)c5cc6ccccc6c6ccccc56)cc4)cc23)cc1. The number of hydrogen-bond acceptors (Lipinski definition) is 3. The molecule has 53 heavy (non-hydrogen) atoms. The van der Waals surface area contributed by atoms with Gasteiger partial charge in [0.2, 0.25) is 0 Å². The first kappa shape index (κ1) is 30.0. The monoisotopic (exact) mass is 693 g/mol. The molecule has 0 radical (unpaired) electrons. The van der Waals surface area contributed by atoms with E-state index in [2.05, 4.69) is 187 Å². The zero-order valence-corrected chi connectivity index (χ0v) is 29.5. The van der Waals surface area contributed by atoms with Crippen LogP contribution in [0.3, 0.4) is 0 Å². The molecule has 0 amide bonds. The Bertz CT molecular complexity index is 3170. The second-order valence-corrected chi connectivity index (χ2v) is 14.8. The lowest BCUT2D eigenvalue weighted by atomic mass is 9.98. The molecule has 9 aromatic carbocycles. The molecule has 0 fully saturated rings. The van der Waals surface area contributed by atoms with Crippen LogP contribution in [0.4, 0.5) is 17.1 Å². The number of fused-ring (bicyclic) bond motifs is 9. The smallest absolute Gasteiger partial charge is 0.143 e. The lowest BCUT2D eigenvalue weighted by molar-refractivity contribution is 0.670. The predicted molar refractivity (Wildman–Crippen MR) is 227 cm³/mol. The van der Waals surface area contributed by atoms with Crippen molar-refractivity contribution in [2.75, 3.05) is 4.90 Å². The Morgan fingerprint density at radius 3 is 1.92 bits per heavy atom. The Balaban J connectivity index is 1.07. The van der Waals surface area contributed by atoms with E-state index in [-0.39, 0.29) is 0 Å². The summed E-state index contributed by atoms with van der Waals surface area (Å²) in [6.07, 6.45) is 0. The average Bonchev–Trinajstić information content (AvgIpc) is 3.79. The van der Waals surface area contributed by atoms with Crippen molar-refractivity contribution in [3.63, 3.8) is 0 Å². The van der Waals surface area contributed by atoms with Crippen LogP contribution in [0.15, 0.2) is 192 Å². The molecule has 2 nitrogen and oxygen atoms in total. The van der Waals surface area contributed by atoms with E-state index in [4.69, 9.17) is 4.42 Å². The number of anilines is 3. The number of rotatable bonds is 5. The third kappa shape index (κ3) is 4.86. The van der Waals surface area contributed by atoms with Crippen LogP contribution >= 0.6 is 11.3 Å². The van der Waals surface area contributed by atoms with E-state index in [0.29, 0.717) is 0 Å². The quantitative estimate of drug-likeness (QED) is 0.167. The van der Waals surface area contributed by atoms with Crippen LogP contribution in [-0.2, 0) is 0 Å². The molecule has 0 aliphatic carbocycles. The Labute approximate surface area is 310 Å². The summed E-state index contributed by atoms with van der Waals surface area (Å²) >= 11 is 1.85. The topological polar surface area (TPSA) is 16.4 Å². The van der Waals surface area contributed by atoms with Gasteiger partial charge in [-0.25, -0.2) is 0 Å². The van der Waals surface area contributed by atoms with Gasteiger partial charge in [-0.15, -0.1) is 11.3 Å². The van der Waals surface area contributed by atoms with E-state index in [9.17, 15) is 0 Å². The fourth-order valence-corrected chi connectivity index (χ4v) is 9.21. The highest BCUT2D eigenvalue weighted by Gasteiger charge is 2.19. The molecule has 0 saturated carbocycles. The van der Waals surface area contributed by atoms with Gasteiger partial charge in [-0.2, -0.15) is 0 Å². The predicted octanol–water partition coefficient (Wildman–Crippen LogP) is 15.1. The van der Waals surface area contributed by atoms with Gasteiger partial charge >= 0.3 is 0 Å². The van der Waals surface area contributed by atoms with Gasteiger partial charge in [-0.3, -0.25) is 0 Å². The first-order valence-corrected chi connectivity index (χ1v) is 18.8. The van der Waals surface area contributed by atoms with Gasteiger partial charge in [0.25, 0.3) is 0 Å². The Morgan fingerprint density at radius 2 is 1.06 bits per heavy atom. The van der Waals surface area contributed by atoms with E-state index in [1.807, 2.05) is 17.4 Å². The Kier molecular flexibility index (Phi) is 6.76. The lowest BCUT2D eigenvalue weighted by Crippen LogP contribution is -2.10.